The number of amides is 1. The van der Waals surface area contributed by atoms with Crippen molar-refractivity contribution in [2.75, 3.05) is 0 Å². The van der Waals surface area contributed by atoms with Crippen LogP contribution >= 0.6 is 0 Å². The first-order valence-electron chi connectivity index (χ1n) is 9.46. The lowest BCUT2D eigenvalue weighted by molar-refractivity contribution is -0.149. The quantitative estimate of drug-likeness (QED) is 0.889. The maximum absolute atomic E-state index is 13.2. The Morgan fingerprint density at radius 3 is 2.63 bits per heavy atom. The molecule has 0 radical (unpaired) electrons. The molecule has 2 heterocycles. The summed E-state index contributed by atoms with van der Waals surface area (Å²) in [6, 6.07) is 6.35. The Labute approximate surface area is 156 Å². The van der Waals surface area contributed by atoms with Gasteiger partial charge in [-0.25, -0.2) is 9.48 Å². The van der Waals surface area contributed by atoms with E-state index < -0.39 is 12.0 Å². The van der Waals surface area contributed by atoms with E-state index in [-0.39, 0.29) is 29.8 Å². The molecule has 0 spiro atoms. The molecule has 0 bridgehead atoms. The number of hydrogen-bond acceptors (Lipinski definition) is 4. The van der Waals surface area contributed by atoms with Crippen molar-refractivity contribution in [1.82, 2.24) is 14.7 Å². The molecule has 4 rings (SSSR count). The van der Waals surface area contributed by atoms with Crippen molar-refractivity contribution in [3.05, 3.63) is 40.3 Å². The highest BCUT2D eigenvalue weighted by Gasteiger charge is 2.47. The van der Waals surface area contributed by atoms with Crippen LogP contribution in [0.15, 0.2) is 29.1 Å². The molecule has 2 fully saturated rings. The molecule has 2 aliphatic rings. The van der Waals surface area contributed by atoms with Gasteiger partial charge in [-0.3, -0.25) is 9.59 Å². The minimum atomic E-state index is -0.934. The van der Waals surface area contributed by atoms with Gasteiger partial charge in [0.1, 0.15) is 6.04 Å². The minimum Gasteiger partial charge on any atom is -0.480 e. The molecule has 3 atom stereocenters. The zero-order valence-corrected chi connectivity index (χ0v) is 15.3. The van der Waals surface area contributed by atoms with Crippen LogP contribution in [0.2, 0.25) is 0 Å². The molecule has 1 aliphatic carbocycles. The molecule has 2 aromatic rings. The first-order chi connectivity index (χ1) is 13.0. The zero-order chi connectivity index (χ0) is 19.1. The number of fused-ring (bicyclic) bond motifs is 2. The fourth-order valence-electron chi connectivity index (χ4n) is 4.78. The van der Waals surface area contributed by atoms with Crippen molar-refractivity contribution >= 4 is 22.6 Å². The SMILES string of the molecule is Cn1nc(CC(=O)N2[C@@H]3CCCC[C@H]3C[C@H]2C(=O)O)c2ccccc2c1=O. The van der Waals surface area contributed by atoms with Gasteiger partial charge in [0.25, 0.3) is 5.56 Å². The second-order valence-corrected chi connectivity index (χ2v) is 7.60. The van der Waals surface area contributed by atoms with Crippen LogP contribution in [-0.2, 0) is 23.1 Å². The van der Waals surface area contributed by atoms with E-state index in [0.29, 0.717) is 22.9 Å². The average Bonchev–Trinajstić information content (AvgIpc) is 3.06. The van der Waals surface area contributed by atoms with Gasteiger partial charge < -0.3 is 10.0 Å². The van der Waals surface area contributed by atoms with E-state index in [2.05, 4.69) is 5.10 Å². The Bertz CT molecular complexity index is 967. The van der Waals surface area contributed by atoms with Crippen molar-refractivity contribution in [3.8, 4) is 0 Å². The second kappa shape index (κ2) is 6.79. The Morgan fingerprint density at radius 2 is 1.89 bits per heavy atom. The summed E-state index contributed by atoms with van der Waals surface area (Å²) in [4.78, 5) is 38.8. The monoisotopic (exact) mass is 369 g/mol. The largest absolute Gasteiger partial charge is 0.480 e. The zero-order valence-electron chi connectivity index (χ0n) is 15.3. The lowest BCUT2D eigenvalue weighted by Gasteiger charge is -2.33. The van der Waals surface area contributed by atoms with E-state index >= 15 is 0 Å². The first kappa shape index (κ1) is 17.7. The number of carboxylic acids is 1. The number of carboxylic acid groups (broad SMARTS) is 1. The van der Waals surface area contributed by atoms with Crippen LogP contribution in [0.25, 0.3) is 10.8 Å². The van der Waals surface area contributed by atoms with Crippen LogP contribution in [0, 0.1) is 5.92 Å². The van der Waals surface area contributed by atoms with E-state index in [1.54, 1.807) is 30.1 Å². The third kappa shape index (κ3) is 3.01. The predicted molar refractivity (Wildman–Crippen MR) is 99.3 cm³/mol. The van der Waals surface area contributed by atoms with Gasteiger partial charge in [-0.2, -0.15) is 5.10 Å². The van der Waals surface area contributed by atoms with Crippen LogP contribution < -0.4 is 5.56 Å². The number of aryl methyl sites for hydroxylation is 1. The van der Waals surface area contributed by atoms with E-state index in [1.807, 2.05) is 6.07 Å². The summed E-state index contributed by atoms with van der Waals surface area (Å²) in [6.07, 6.45) is 4.51. The number of rotatable bonds is 3. The van der Waals surface area contributed by atoms with Crippen LogP contribution in [-0.4, -0.2) is 43.7 Å². The molecule has 1 aromatic heterocycles. The van der Waals surface area contributed by atoms with Crippen LogP contribution in [0.5, 0.6) is 0 Å². The highest BCUT2D eigenvalue weighted by Crippen LogP contribution is 2.40. The molecular weight excluding hydrogens is 346 g/mol. The van der Waals surface area contributed by atoms with Gasteiger partial charge in [-0.1, -0.05) is 31.0 Å². The predicted octanol–water partition coefficient (Wildman–Crippen LogP) is 1.72. The smallest absolute Gasteiger partial charge is 0.326 e. The summed E-state index contributed by atoms with van der Waals surface area (Å²) in [7, 11) is 1.57. The number of benzene rings is 1. The fraction of sp³-hybridized carbons (Fsp3) is 0.500. The summed E-state index contributed by atoms with van der Waals surface area (Å²) >= 11 is 0. The van der Waals surface area contributed by atoms with Crippen molar-refractivity contribution in [2.45, 2.75) is 50.6 Å². The first-order valence-corrected chi connectivity index (χ1v) is 9.46. The van der Waals surface area contributed by atoms with E-state index in [0.717, 1.165) is 25.7 Å². The number of nitrogens with zero attached hydrogens (tertiary/aromatic N) is 3. The summed E-state index contributed by atoms with van der Waals surface area (Å²) in [5.41, 5.74) is 0.305. The van der Waals surface area contributed by atoms with Gasteiger partial charge in [0.2, 0.25) is 5.91 Å². The Kier molecular flexibility index (Phi) is 4.45. The lowest BCUT2D eigenvalue weighted by Crippen LogP contribution is -2.47. The van der Waals surface area contributed by atoms with Gasteiger partial charge in [0.05, 0.1) is 17.5 Å². The molecule has 27 heavy (non-hydrogen) atoms. The van der Waals surface area contributed by atoms with Crippen LogP contribution in [0.1, 0.15) is 37.8 Å². The number of carbonyl (C=O) groups is 2. The maximum Gasteiger partial charge on any atom is 0.326 e. The van der Waals surface area contributed by atoms with Gasteiger partial charge in [-0.05, 0) is 31.2 Å². The maximum atomic E-state index is 13.2. The fourth-order valence-corrected chi connectivity index (χ4v) is 4.78. The summed E-state index contributed by atoms with van der Waals surface area (Å²) < 4.78 is 1.24. The van der Waals surface area contributed by atoms with Crippen molar-refractivity contribution < 1.29 is 14.7 Å². The molecule has 7 nitrogen and oxygen atoms in total. The molecule has 1 saturated carbocycles. The second-order valence-electron chi connectivity index (χ2n) is 7.60. The highest BCUT2D eigenvalue weighted by molar-refractivity contribution is 5.90. The molecule has 7 heteroatoms. The molecular formula is C20H23N3O4. The molecule has 1 aromatic carbocycles. The van der Waals surface area contributed by atoms with E-state index in [9.17, 15) is 19.5 Å². The average molecular weight is 369 g/mol. The molecule has 1 N–H and O–H groups in total. The standard InChI is InChI=1S/C20H23N3O4/c1-22-19(25)14-8-4-3-7-13(14)15(21-22)11-18(24)23-16-9-5-2-6-12(16)10-17(23)20(26)27/h3-4,7-8,12,16-17H,2,5-6,9-11H2,1H3,(H,26,27)/t12-,16+,17-/m0/s1. The van der Waals surface area contributed by atoms with Gasteiger partial charge in [0.15, 0.2) is 0 Å². The Morgan fingerprint density at radius 1 is 1.19 bits per heavy atom. The van der Waals surface area contributed by atoms with Crippen LogP contribution in [0.4, 0.5) is 0 Å². The van der Waals surface area contributed by atoms with Gasteiger partial charge in [-0.15, -0.1) is 0 Å². The Hall–Kier alpha value is -2.70. The number of hydrogen-bond donors (Lipinski definition) is 1. The Balaban J connectivity index is 1.69. The summed E-state index contributed by atoms with van der Waals surface area (Å²) in [6.45, 7) is 0. The third-order valence-corrected chi connectivity index (χ3v) is 6.01. The number of likely N-dealkylation sites (tertiary alicyclic amines) is 1. The number of carbonyl (C=O) groups excluding carboxylic acids is 1. The molecule has 1 aliphatic heterocycles. The van der Waals surface area contributed by atoms with Gasteiger partial charge >= 0.3 is 5.97 Å². The topological polar surface area (TPSA) is 92.5 Å². The third-order valence-electron chi connectivity index (χ3n) is 6.01. The van der Waals surface area contributed by atoms with Crippen LogP contribution in [0.3, 0.4) is 0 Å². The van der Waals surface area contributed by atoms with E-state index in [1.165, 1.54) is 4.68 Å². The van der Waals surface area contributed by atoms with E-state index in [4.69, 9.17) is 0 Å². The normalized spacial score (nSPS) is 24.8. The van der Waals surface area contributed by atoms with Crippen molar-refractivity contribution in [3.63, 3.8) is 0 Å². The highest BCUT2D eigenvalue weighted by atomic mass is 16.4. The van der Waals surface area contributed by atoms with Gasteiger partial charge in [0, 0.05) is 18.5 Å². The summed E-state index contributed by atoms with van der Waals surface area (Å²) in [5.74, 6) is -0.877. The molecule has 1 amide bonds. The van der Waals surface area contributed by atoms with Crippen molar-refractivity contribution in [2.24, 2.45) is 13.0 Å². The minimum absolute atomic E-state index is 0.00162. The lowest BCUT2D eigenvalue weighted by atomic mass is 9.84. The van der Waals surface area contributed by atoms with Crippen molar-refractivity contribution in [1.29, 1.82) is 0 Å². The number of aromatic nitrogens is 2. The molecule has 1 saturated heterocycles. The summed E-state index contributed by atoms with van der Waals surface area (Å²) in [5, 5.41) is 15.1. The molecule has 0 unspecified atom stereocenters. The molecule has 142 valence electrons. The number of aliphatic carboxylic acids is 1.